The van der Waals surface area contributed by atoms with Crippen molar-refractivity contribution in [2.45, 2.75) is 38.8 Å². The van der Waals surface area contributed by atoms with Crippen LogP contribution in [0.15, 0.2) is 29.6 Å². The summed E-state index contributed by atoms with van der Waals surface area (Å²) >= 11 is 1.69. The van der Waals surface area contributed by atoms with E-state index in [1.54, 1.807) is 18.4 Å². The van der Waals surface area contributed by atoms with Crippen molar-refractivity contribution in [3.63, 3.8) is 0 Å². The lowest BCUT2D eigenvalue weighted by atomic mass is 9.87. The van der Waals surface area contributed by atoms with Gasteiger partial charge < -0.3 is 19.1 Å². The molecule has 0 bridgehead atoms. The maximum absolute atomic E-state index is 13.3. The Morgan fingerprint density at radius 3 is 2.89 bits per heavy atom. The number of fused-ring (bicyclic) bond motifs is 1. The third-order valence-electron chi connectivity index (χ3n) is 5.48. The summed E-state index contributed by atoms with van der Waals surface area (Å²) in [4.78, 5) is 16.4. The van der Waals surface area contributed by atoms with Gasteiger partial charge in [-0.15, -0.1) is 11.3 Å². The van der Waals surface area contributed by atoms with Gasteiger partial charge >= 0.3 is 0 Å². The van der Waals surface area contributed by atoms with E-state index in [4.69, 9.17) is 14.2 Å². The fourth-order valence-corrected chi connectivity index (χ4v) is 4.82. The number of nitrogens with zero attached hydrogens (tertiary/aromatic N) is 1. The topological polar surface area (TPSA) is 48.0 Å². The van der Waals surface area contributed by atoms with Crippen molar-refractivity contribution in [2.24, 2.45) is 5.92 Å². The van der Waals surface area contributed by atoms with Crippen LogP contribution < -0.4 is 9.47 Å². The molecule has 1 amide bonds. The van der Waals surface area contributed by atoms with E-state index in [0.29, 0.717) is 26.3 Å². The summed E-state index contributed by atoms with van der Waals surface area (Å²) in [5.74, 6) is 1.69. The predicted molar refractivity (Wildman–Crippen MR) is 110 cm³/mol. The summed E-state index contributed by atoms with van der Waals surface area (Å²) in [5.41, 5.74) is 1.85. The highest BCUT2D eigenvalue weighted by Crippen LogP contribution is 2.40. The van der Waals surface area contributed by atoms with Gasteiger partial charge in [-0.25, -0.2) is 0 Å². The molecular formula is C22H27NO4S. The number of ether oxygens (including phenoxy) is 3. The Hall–Kier alpha value is -2.05. The van der Waals surface area contributed by atoms with E-state index in [0.717, 1.165) is 35.5 Å². The van der Waals surface area contributed by atoms with Gasteiger partial charge in [-0.3, -0.25) is 4.79 Å². The average molecular weight is 402 g/mol. The average Bonchev–Trinajstić information content (AvgIpc) is 3.12. The first-order valence-corrected chi connectivity index (χ1v) is 10.6. The number of hydrogen-bond acceptors (Lipinski definition) is 5. The molecule has 2 aliphatic rings. The smallest absolute Gasteiger partial charge is 0.226 e. The molecule has 3 heterocycles. The van der Waals surface area contributed by atoms with Crippen LogP contribution in [0.1, 0.15) is 32.3 Å². The molecule has 1 saturated heterocycles. The van der Waals surface area contributed by atoms with Crippen LogP contribution in [-0.2, 0) is 16.1 Å². The predicted octanol–water partition coefficient (Wildman–Crippen LogP) is 4.35. The Bertz CT molecular complexity index is 846. The number of benzene rings is 1. The minimum Gasteiger partial charge on any atom is -0.493 e. The van der Waals surface area contributed by atoms with Crippen LogP contribution in [0.5, 0.6) is 11.5 Å². The van der Waals surface area contributed by atoms with Gasteiger partial charge in [0.05, 0.1) is 19.3 Å². The van der Waals surface area contributed by atoms with E-state index in [1.807, 2.05) is 17.0 Å². The maximum atomic E-state index is 13.3. The van der Waals surface area contributed by atoms with Crippen molar-refractivity contribution in [3.8, 4) is 21.9 Å². The van der Waals surface area contributed by atoms with Crippen molar-refractivity contribution in [1.82, 2.24) is 4.90 Å². The highest BCUT2D eigenvalue weighted by molar-refractivity contribution is 7.13. The summed E-state index contributed by atoms with van der Waals surface area (Å²) in [6.07, 6.45) is 1.54. The molecule has 4 rings (SSSR count). The standard InChI is InChI=1S/C22H27NO4S/c1-22(2)13-15(6-8-27-22)21(24)23-7-9-26-20-17(14-23)11-16(12-18(20)25-3)19-5-4-10-28-19/h4-5,10-12,15H,6-9,13-14H2,1-3H3/t15-/m1/s1. The first kappa shape index (κ1) is 19.3. The molecule has 1 fully saturated rings. The van der Waals surface area contributed by atoms with Crippen LogP contribution in [0.3, 0.4) is 0 Å². The molecule has 0 spiro atoms. The molecule has 150 valence electrons. The SMILES string of the molecule is COc1cc(-c2cccs2)cc2c1OCCN(C(=O)[C@@H]1CCOC(C)(C)C1)C2. The molecule has 0 saturated carbocycles. The third kappa shape index (κ3) is 3.89. The number of carbonyl (C=O) groups is 1. The van der Waals surface area contributed by atoms with E-state index in [1.165, 1.54) is 4.88 Å². The maximum Gasteiger partial charge on any atom is 0.226 e. The second-order valence-electron chi connectivity index (χ2n) is 8.05. The van der Waals surface area contributed by atoms with Crippen LogP contribution in [0.2, 0.25) is 0 Å². The molecule has 0 radical (unpaired) electrons. The number of thiophene rings is 1. The van der Waals surface area contributed by atoms with Crippen molar-refractivity contribution < 1.29 is 19.0 Å². The highest BCUT2D eigenvalue weighted by atomic mass is 32.1. The van der Waals surface area contributed by atoms with Crippen LogP contribution in [0.25, 0.3) is 10.4 Å². The molecule has 1 aromatic heterocycles. The Labute approximate surface area is 170 Å². The second kappa shape index (κ2) is 7.76. The van der Waals surface area contributed by atoms with Crippen molar-refractivity contribution in [3.05, 3.63) is 35.2 Å². The van der Waals surface area contributed by atoms with Gasteiger partial charge in [0.15, 0.2) is 11.5 Å². The van der Waals surface area contributed by atoms with Gasteiger partial charge in [-0.2, -0.15) is 0 Å². The van der Waals surface area contributed by atoms with E-state index < -0.39 is 0 Å². The molecule has 0 N–H and O–H groups in total. The van der Waals surface area contributed by atoms with Crippen molar-refractivity contribution in [2.75, 3.05) is 26.9 Å². The van der Waals surface area contributed by atoms with Crippen LogP contribution >= 0.6 is 11.3 Å². The largest absolute Gasteiger partial charge is 0.493 e. The quantitative estimate of drug-likeness (QED) is 0.767. The fourth-order valence-electron chi connectivity index (χ4n) is 4.11. The van der Waals surface area contributed by atoms with E-state index >= 15 is 0 Å². The second-order valence-corrected chi connectivity index (χ2v) is 9.00. The summed E-state index contributed by atoms with van der Waals surface area (Å²) in [6, 6.07) is 8.28. The number of amides is 1. The molecule has 2 aromatic rings. The zero-order chi connectivity index (χ0) is 19.7. The molecule has 1 aromatic carbocycles. The van der Waals surface area contributed by atoms with Gasteiger partial charge in [-0.05, 0) is 55.8 Å². The summed E-state index contributed by atoms with van der Waals surface area (Å²) in [7, 11) is 1.66. The zero-order valence-electron chi connectivity index (χ0n) is 16.7. The van der Waals surface area contributed by atoms with Gasteiger partial charge in [0.25, 0.3) is 0 Å². The molecule has 0 aliphatic carbocycles. The molecule has 0 unspecified atom stereocenters. The van der Waals surface area contributed by atoms with Gasteiger partial charge in [-0.1, -0.05) is 6.07 Å². The van der Waals surface area contributed by atoms with Crippen LogP contribution in [0, 0.1) is 5.92 Å². The number of rotatable bonds is 3. The monoisotopic (exact) mass is 401 g/mol. The fraction of sp³-hybridized carbons (Fsp3) is 0.500. The number of carbonyl (C=O) groups excluding carboxylic acids is 1. The van der Waals surface area contributed by atoms with E-state index in [9.17, 15) is 4.79 Å². The number of methoxy groups -OCH3 is 1. The molecule has 2 aliphatic heterocycles. The van der Waals surface area contributed by atoms with Gasteiger partial charge in [0.2, 0.25) is 5.91 Å². The molecule has 5 nitrogen and oxygen atoms in total. The zero-order valence-corrected chi connectivity index (χ0v) is 17.5. The molecule has 1 atom stereocenters. The van der Waals surface area contributed by atoms with Crippen LogP contribution in [0.4, 0.5) is 0 Å². The van der Waals surface area contributed by atoms with Crippen molar-refractivity contribution in [1.29, 1.82) is 0 Å². The third-order valence-corrected chi connectivity index (χ3v) is 6.40. The van der Waals surface area contributed by atoms with E-state index in [-0.39, 0.29) is 17.4 Å². The van der Waals surface area contributed by atoms with Crippen LogP contribution in [-0.4, -0.2) is 43.3 Å². The Balaban J connectivity index is 1.62. The molecule has 6 heteroatoms. The highest BCUT2D eigenvalue weighted by Gasteiger charge is 2.36. The first-order valence-electron chi connectivity index (χ1n) is 9.77. The van der Waals surface area contributed by atoms with E-state index in [2.05, 4.69) is 31.4 Å². The summed E-state index contributed by atoms with van der Waals surface area (Å²) in [6.45, 7) is 6.36. The Kier molecular flexibility index (Phi) is 5.34. The Morgan fingerprint density at radius 1 is 1.32 bits per heavy atom. The number of hydrogen-bond donors (Lipinski definition) is 0. The first-order chi connectivity index (χ1) is 13.5. The van der Waals surface area contributed by atoms with Gasteiger partial charge in [0.1, 0.15) is 6.61 Å². The molecule has 28 heavy (non-hydrogen) atoms. The minimum atomic E-state index is -0.242. The lowest BCUT2D eigenvalue weighted by molar-refractivity contribution is -0.146. The summed E-state index contributed by atoms with van der Waals surface area (Å²) < 4.78 is 17.4. The van der Waals surface area contributed by atoms with Crippen molar-refractivity contribution >= 4 is 17.2 Å². The Morgan fingerprint density at radius 2 is 2.18 bits per heavy atom. The minimum absolute atomic E-state index is 0.00711. The normalized spacial score (nSPS) is 21.4. The summed E-state index contributed by atoms with van der Waals surface area (Å²) in [5, 5.41) is 2.06. The lowest BCUT2D eigenvalue weighted by Gasteiger charge is -2.36. The van der Waals surface area contributed by atoms with Gasteiger partial charge in [0, 0.05) is 29.5 Å². The lowest BCUT2D eigenvalue weighted by Crippen LogP contribution is -2.43. The molecular weight excluding hydrogens is 374 g/mol.